The van der Waals surface area contributed by atoms with Gasteiger partial charge in [0.1, 0.15) is 21.2 Å². The van der Waals surface area contributed by atoms with Crippen molar-refractivity contribution >= 4 is 61.5 Å². The van der Waals surface area contributed by atoms with Gasteiger partial charge in [-0.15, -0.1) is 22.7 Å². The number of hydrogen-bond acceptors (Lipinski definition) is 8. The van der Waals surface area contributed by atoms with Crippen molar-refractivity contribution in [1.82, 2.24) is 9.97 Å². The van der Waals surface area contributed by atoms with Crippen LogP contribution < -0.4 is 5.32 Å². The molecule has 1 amide bonds. The molecule has 0 unspecified atom stereocenters. The molecule has 0 saturated carbocycles. The van der Waals surface area contributed by atoms with Crippen LogP contribution in [-0.2, 0) is 22.4 Å². The van der Waals surface area contributed by atoms with Gasteiger partial charge in [0, 0.05) is 15.1 Å². The Morgan fingerprint density at radius 3 is 2.87 bits per heavy atom. The Hall–Kier alpha value is -1.97. The Morgan fingerprint density at radius 2 is 2.10 bits per heavy atom. The molecule has 9 heteroatoms. The van der Waals surface area contributed by atoms with Crippen LogP contribution in [0.3, 0.4) is 0 Å². The number of ether oxygens (including phenoxy) is 1. The van der Waals surface area contributed by atoms with Crippen molar-refractivity contribution in [2.75, 3.05) is 17.7 Å². The number of fused-ring (bicyclic) bond motifs is 2. The summed E-state index contributed by atoms with van der Waals surface area (Å²) < 4.78 is 5.29. The van der Waals surface area contributed by atoms with Crippen molar-refractivity contribution in [3.63, 3.8) is 0 Å². The third kappa shape index (κ3) is 4.49. The average Bonchev–Trinajstić information content (AvgIpc) is 3.23. The van der Waals surface area contributed by atoms with E-state index in [1.807, 2.05) is 0 Å². The lowest BCUT2D eigenvalue weighted by molar-refractivity contribution is -0.113. The number of carbonyl (C=O) groups is 2. The maximum absolute atomic E-state index is 12.8. The molecule has 1 N–H and O–H groups in total. The molecule has 3 aromatic rings. The highest BCUT2D eigenvalue weighted by Crippen LogP contribution is 2.40. The minimum Gasteiger partial charge on any atom is -0.462 e. The number of aryl methyl sites for hydroxylation is 2. The Balaban J connectivity index is 1.53. The number of thioether (sulfide) groups is 1. The van der Waals surface area contributed by atoms with Crippen LogP contribution in [0.15, 0.2) is 11.4 Å². The molecule has 1 atom stereocenters. The quantitative estimate of drug-likeness (QED) is 0.292. The molecule has 0 saturated heterocycles. The van der Waals surface area contributed by atoms with Crippen LogP contribution in [0.5, 0.6) is 0 Å². The summed E-state index contributed by atoms with van der Waals surface area (Å²) in [6.45, 7) is 8.46. The maximum atomic E-state index is 12.8. The lowest BCUT2D eigenvalue weighted by atomic mass is 9.88. The van der Waals surface area contributed by atoms with Gasteiger partial charge in [-0.05, 0) is 57.1 Å². The molecule has 3 aromatic heterocycles. The summed E-state index contributed by atoms with van der Waals surface area (Å²) in [5, 5.41) is 5.42. The van der Waals surface area contributed by atoms with Crippen molar-refractivity contribution in [3.8, 4) is 0 Å². The predicted octanol–water partition coefficient (Wildman–Crippen LogP) is 5.40. The number of nitrogens with zero attached hydrogens (tertiary/aromatic N) is 2. The first-order chi connectivity index (χ1) is 14.9. The first kappa shape index (κ1) is 22.2. The molecular formula is C22H25N3O3S3. The second kappa shape index (κ2) is 9.26. The third-order valence-corrected chi connectivity index (χ3v) is 8.79. The van der Waals surface area contributed by atoms with E-state index in [1.165, 1.54) is 32.9 Å². The summed E-state index contributed by atoms with van der Waals surface area (Å²) in [6, 6.07) is 0. The Labute approximate surface area is 193 Å². The summed E-state index contributed by atoms with van der Waals surface area (Å²) in [4.78, 5) is 37.5. The molecule has 1 aliphatic carbocycles. The number of hydrogen-bond donors (Lipinski definition) is 1. The third-order valence-electron chi connectivity index (χ3n) is 5.51. The average molecular weight is 476 g/mol. The normalized spacial score (nSPS) is 15.7. The molecule has 6 nitrogen and oxygen atoms in total. The summed E-state index contributed by atoms with van der Waals surface area (Å²) in [5.74, 6) is 0.289. The van der Waals surface area contributed by atoms with Crippen LogP contribution in [-0.4, -0.2) is 34.2 Å². The van der Waals surface area contributed by atoms with Gasteiger partial charge in [-0.25, -0.2) is 14.8 Å². The van der Waals surface area contributed by atoms with Crippen LogP contribution in [0.4, 0.5) is 5.00 Å². The fourth-order valence-electron chi connectivity index (χ4n) is 3.81. The Kier molecular flexibility index (Phi) is 6.64. The fraction of sp³-hybridized carbons (Fsp3) is 0.455. The highest BCUT2D eigenvalue weighted by atomic mass is 32.2. The highest BCUT2D eigenvalue weighted by molar-refractivity contribution is 8.00. The number of carbonyl (C=O) groups excluding carboxylic acids is 2. The molecule has 4 rings (SSSR count). The molecule has 1 aliphatic rings. The van der Waals surface area contributed by atoms with Gasteiger partial charge >= 0.3 is 5.97 Å². The molecule has 0 fully saturated rings. The zero-order valence-corrected chi connectivity index (χ0v) is 20.5. The van der Waals surface area contributed by atoms with Gasteiger partial charge in [-0.2, -0.15) is 0 Å². The molecule has 0 bridgehead atoms. The van der Waals surface area contributed by atoms with E-state index in [1.54, 1.807) is 24.6 Å². The Bertz CT molecular complexity index is 1150. The van der Waals surface area contributed by atoms with Crippen molar-refractivity contribution in [3.05, 3.63) is 32.8 Å². The minimum absolute atomic E-state index is 0.154. The largest absolute Gasteiger partial charge is 0.462 e. The van der Waals surface area contributed by atoms with Crippen molar-refractivity contribution in [2.24, 2.45) is 5.92 Å². The first-order valence-corrected chi connectivity index (χ1v) is 13.0. The molecule has 31 heavy (non-hydrogen) atoms. The highest BCUT2D eigenvalue weighted by Gasteiger charge is 2.29. The minimum atomic E-state index is -0.348. The number of amides is 1. The smallest absolute Gasteiger partial charge is 0.341 e. The van der Waals surface area contributed by atoms with E-state index < -0.39 is 0 Å². The van der Waals surface area contributed by atoms with E-state index in [2.05, 4.69) is 36.1 Å². The molecule has 0 spiro atoms. The van der Waals surface area contributed by atoms with Crippen LogP contribution in [0.25, 0.3) is 10.2 Å². The zero-order chi connectivity index (χ0) is 22.1. The van der Waals surface area contributed by atoms with Gasteiger partial charge in [-0.3, -0.25) is 4.79 Å². The van der Waals surface area contributed by atoms with Gasteiger partial charge in [0.2, 0.25) is 5.91 Å². The van der Waals surface area contributed by atoms with Crippen LogP contribution >= 0.6 is 34.4 Å². The Morgan fingerprint density at radius 1 is 1.29 bits per heavy atom. The summed E-state index contributed by atoms with van der Waals surface area (Å²) in [5.41, 5.74) is 2.75. The van der Waals surface area contributed by atoms with Gasteiger partial charge in [0.25, 0.3) is 0 Å². The topological polar surface area (TPSA) is 81.2 Å². The standard InChI is InChI=1S/C22H25N3O3S3/c1-5-28-22(27)18-14-7-6-11(2)8-15(14)31-21(18)25-16(26)9-29-19-17-12(3)13(4)30-20(17)24-10-23-19/h10-11H,5-9H2,1-4H3,(H,25,26)/t11-/m1/s1. The van der Waals surface area contributed by atoms with E-state index in [9.17, 15) is 9.59 Å². The van der Waals surface area contributed by atoms with E-state index in [0.29, 0.717) is 23.1 Å². The number of thiophene rings is 2. The monoisotopic (exact) mass is 475 g/mol. The van der Waals surface area contributed by atoms with E-state index >= 15 is 0 Å². The van der Waals surface area contributed by atoms with Crippen molar-refractivity contribution in [2.45, 2.75) is 52.0 Å². The van der Waals surface area contributed by atoms with E-state index in [-0.39, 0.29) is 17.6 Å². The van der Waals surface area contributed by atoms with Gasteiger partial charge in [0.15, 0.2) is 0 Å². The van der Waals surface area contributed by atoms with E-state index in [0.717, 1.165) is 45.6 Å². The molecule has 0 aliphatic heterocycles. The summed E-state index contributed by atoms with van der Waals surface area (Å²) in [6.07, 6.45) is 4.38. The number of aromatic nitrogens is 2. The van der Waals surface area contributed by atoms with Crippen LogP contribution in [0.1, 0.15) is 51.5 Å². The summed E-state index contributed by atoms with van der Waals surface area (Å²) in [7, 11) is 0. The zero-order valence-electron chi connectivity index (χ0n) is 18.0. The maximum Gasteiger partial charge on any atom is 0.341 e. The number of anilines is 1. The lowest BCUT2D eigenvalue weighted by Gasteiger charge is -2.18. The van der Waals surface area contributed by atoms with Crippen molar-refractivity contribution < 1.29 is 14.3 Å². The molecular weight excluding hydrogens is 450 g/mol. The molecule has 0 aromatic carbocycles. The lowest BCUT2D eigenvalue weighted by Crippen LogP contribution is -2.17. The molecule has 0 radical (unpaired) electrons. The number of esters is 1. The van der Waals surface area contributed by atoms with Gasteiger partial charge in [0.05, 0.1) is 17.9 Å². The molecule has 3 heterocycles. The van der Waals surface area contributed by atoms with Gasteiger partial charge < -0.3 is 10.1 Å². The van der Waals surface area contributed by atoms with Crippen molar-refractivity contribution in [1.29, 1.82) is 0 Å². The number of rotatable bonds is 6. The first-order valence-electron chi connectivity index (χ1n) is 10.3. The van der Waals surface area contributed by atoms with Gasteiger partial charge in [-0.1, -0.05) is 18.7 Å². The van der Waals surface area contributed by atoms with Crippen LogP contribution in [0, 0.1) is 19.8 Å². The molecule has 164 valence electrons. The SMILES string of the molecule is CCOC(=O)c1c(NC(=O)CSc2ncnc3sc(C)c(C)c23)sc2c1CC[C@@H](C)C2. The van der Waals surface area contributed by atoms with E-state index in [4.69, 9.17) is 4.74 Å². The number of nitrogens with one attached hydrogen (secondary N) is 1. The summed E-state index contributed by atoms with van der Waals surface area (Å²) >= 11 is 4.55. The van der Waals surface area contributed by atoms with Crippen LogP contribution in [0.2, 0.25) is 0 Å². The predicted molar refractivity (Wildman–Crippen MR) is 128 cm³/mol. The second-order valence-electron chi connectivity index (χ2n) is 7.76. The fourth-order valence-corrected chi connectivity index (χ4v) is 7.15. The second-order valence-corrected chi connectivity index (χ2v) is 11.0.